The Morgan fingerprint density at radius 3 is 2.52 bits per heavy atom. The average molecular weight is 323 g/mol. The van der Waals surface area contributed by atoms with Crippen LogP contribution >= 0.6 is 22.9 Å². The molecular formula is C17H23ClN2S. The van der Waals surface area contributed by atoms with Crippen LogP contribution in [-0.4, -0.2) is 24.5 Å². The first-order valence-electron chi connectivity index (χ1n) is 7.47. The minimum Gasteiger partial charge on any atom is -0.311 e. The van der Waals surface area contributed by atoms with Gasteiger partial charge >= 0.3 is 0 Å². The van der Waals surface area contributed by atoms with Crippen LogP contribution in [0.4, 0.5) is 0 Å². The third kappa shape index (κ3) is 4.55. The number of hydrogen-bond acceptors (Lipinski definition) is 3. The summed E-state index contributed by atoms with van der Waals surface area (Å²) in [5.74, 6) is 0. The zero-order chi connectivity index (χ0) is 15.1. The van der Waals surface area contributed by atoms with Gasteiger partial charge in [-0.25, -0.2) is 0 Å². The largest absolute Gasteiger partial charge is 0.311 e. The highest BCUT2D eigenvalue weighted by Crippen LogP contribution is 2.24. The van der Waals surface area contributed by atoms with Crippen molar-refractivity contribution in [1.82, 2.24) is 10.2 Å². The molecule has 0 radical (unpaired) electrons. The zero-order valence-corrected chi connectivity index (χ0v) is 14.3. The topological polar surface area (TPSA) is 15.3 Å². The lowest BCUT2D eigenvalue weighted by molar-refractivity contribution is 0.216. The molecule has 1 aromatic carbocycles. The average Bonchev–Trinajstić information content (AvgIpc) is 3.02. The summed E-state index contributed by atoms with van der Waals surface area (Å²) >= 11 is 8.04. The monoisotopic (exact) mass is 322 g/mol. The standard InChI is InChI=1S/C17H23ClN2S/c1-3-20(4-2)16(17-10-7-11-21-17)13-19-12-14-8-5-6-9-15(14)18/h5-11,16,19H,3-4,12-13H2,1-2H3. The molecule has 1 heterocycles. The molecule has 0 fully saturated rings. The molecule has 0 saturated carbocycles. The molecule has 0 aliphatic carbocycles. The highest BCUT2D eigenvalue weighted by molar-refractivity contribution is 7.10. The summed E-state index contributed by atoms with van der Waals surface area (Å²) in [5, 5.41) is 6.55. The SMILES string of the molecule is CCN(CC)C(CNCc1ccccc1Cl)c1cccs1. The molecule has 114 valence electrons. The van der Waals surface area contributed by atoms with Crippen molar-refractivity contribution in [2.45, 2.75) is 26.4 Å². The molecule has 1 unspecified atom stereocenters. The first-order valence-corrected chi connectivity index (χ1v) is 8.73. The number of rotatable bonds is 8. The summed E-state index contributed by atoms with van der Waals surface area (Å²) in [6.07, 6.45) is 0. The fourth-order valence-electron chi connectivity index (χ4n) is 2.54. The number of hydrogen-bond donors (Lipinski definition) is 1. The number of nitrogens with one attached hydrogen (secondary N) is 1. The van der Waals surface area contributed by atoms with Crippen LogP contribution in [0, 0.1) is 0 Å². The second-order valence-corrected chi connectivity index (χ2v) is 6.36. The maximum absolute atomic E-state index is 6.21. The van der Waals surface area contributed by atoms with E-state index in [-0.39, 0.29) is 0 Å². The van der Waals surface area contributed by atoms with Gasteiger partial charge in [0.05, 0.1) is 6.04 Å². The summed E-state index contributed by atoms with van der Waals surface area (Å²) in [4.78, 5) is 3.91. The van der Waals surface area contributed by atoms with Gasteiger partial charge < -0.3 is 5.32 Å². The summed E-state index contributed by atoms with van der Waals surface area (Å²) in [5.41, 5.74) is 1.16. The molecule has 2 rings (SSSR count). The van der Waals surface area contributed by atoms with Crippen LogP contribution in [0.3, 0.4) is 0 Å². The van der Waals surface area contributed by atoms with E-state index in [1.54, 1.807) is 0 Å². The molecule has 0 aliphatic rings. The summed E-state index contributed by atoms with van der Waals surface area (Å²) in [6, 6.07) is 12.8. The Labute approximate surface area is 136 Å². The molecule has 1 aromatic heterocycles. The van der Waals surface area contributed by atoms with Gasteiger partial charge in [-0.05, 0) is 36.2 Å². The summed E-state index contributed by atoms with van der Waals surface area (Å²) < 4.78 is 0. The van der Waals surface area contributed by atoms with Crippen LogP contribution in [0.2, 0.25) is 5.02 Å². The lowest BCUT2D eigenvalue weighted by Crippen LogP contribution is -2.35. The molecule has 0 bridgehead atoms. The van der Waals surface area contributed by atoms with E-state index >= 15 is 0 Å². The molecule has 2 aromatic rings. The van der Waals surface area contributed by atoms with Crippen LogP contribution in [0.15, 0.2) is 41.8 Å². The first-order chi connectivity index (χ1) is 10.3. The number of likely N-dealkylation sites (N-methyl/N-ethyl adjacent to an activating group) is 1. The fourth-order valence-corrected chi connectivity index (χ4v) is 3.60. The van der Waals surface area contributed by atoms with Crippen molar-refractivity contribution < 1.29 is 0 Å². The van der Waals surface area contributed by atoms with E-state index in [2.05, 4.69) is 47.6 Å². The summed E-state index contributed by atoms with van der Waals surface area (Å²) in [6.45, 7) is 8.31. The van der Waals surface area contributed by atoms with Crippen molar-refractivity contribution >= 4 is 22.9 Å². The Kier molecular flexibility index (Phi) is 6.71. The van der Waals surface area contributed by atoms with Crippen molar-refractivity contribution in [3.05, 3.63) is 57.2 Å². The lowest BCUT2D eigenvalue weighted by Gasteiger charge is -2.29. The zero-order valence-electron chi connectivity index (χ0n) is 12.7. The number of thiophene rings is 1. The van der Waals surface area contributed by atoms with Crippen LogP contribution in [0.25, 0.3) is 0 Å². The van der Waals surface area contributed by atoms with Crippen LogP contribution < -0.4 is 5.32 Å². The quantitative estimate of drug-likeness (QED) is 0.765. The molecule has 2 nitrogen and oxygen atoms in total. The van der Waals surface area contributed by atoms with Gasteiger partial charge in [0.15, 0.2) is 0 Å². The number of halogens is 1. The van der Waals surface area contributed by atoms with Crippen LogP contribution in [0.5, 0.6) is 0 Å². The second kappa shape index (κ2) is 8.54. The van der Waals surface area contributed by atoms with Gasteiger partial charge in [0, 0.05) is 23.0 Å². The molecule has 0 spiro atoms. The molecule has 0 saturated heterocycles. The van der Waals surface area contributed by atoms with E-state index in [0.717, 1.165) is 36.8 Å². The third-order valence-corrected chi connectivity index (χ3v) is 5.08. The van der Waals surface area contributed by atoms with E-state index in [1.807, 2.05) is 29.5 Å². The Bertz CT molecular complexity index is 523. The minimum atomic E-state index is 0.433. The molecule has 4 heteroatoms. The van der Waals surface area contributed by atoms with Crippen molar-refractivity contribution in [3.63, 3.8) is 0 Å². The summed E-state index contributed by atoms with van der Waals surface area (Å²) in [7, 11) is 0. The van der Waals surface area contributed by atoms with Gasteiger partial charge in [-0.2, -0.15) is 0 Å². The molecule has 0 amide bonds. The van der Waals surface area contributed by atoms with E-state index in [1.165, 1.54) is 4.88 Å². The molecule has 1 atom stereocenters. The predicted octanol–water partition coefficient (Wildman–Crippen LogP) is 4.57. The van der Waals surface area contributed by atoms with E-state index < -0.39 is 0 Å². The maximum Gasteiger partial charge on any atom is 0.0566 e. The first kappa shape index (κ1) is 16.5. The third-order valence-electron chi connectivity index (χ3n) is 3.74. The van der Waals surface area contributed by atoms with E-state index in [0.29, 0.717) is 6.04 Å². The Morgan fingerprint density at radius 1 is 1.14 bits per heavy atom. The van der Waals surface area contributed by atoms with Crippen molar-refractivity contribution in [3.8, 4) is 0 Å². The second-order valence-electron chi connectivity index (χ2n) is 4.97. The lowest BCUT2D eigenvalue weighted by atomic mass is 10.1. The normalized spacial score (nSPS) is 12.8. The van der Waals surface area contributed by atoms with Gasteiger partial charge in [0.1, 0.15) is 0 Å². The smallest absolute Gasteiger partial charge is 0.0566 e. The van der Waals surface area contributed by atoms with Gasteiger partial charge in [0.2, 0.25) is 0 Å². The van der Waals surface area contributed by atoms with Crippen molar-refractivity contribution in [1.29, 1.82) is 0 Å². The van der Waals surface area contributed by atoms with Gasteiger partial charge in [-0.15, -0.1) is 11.3 Å². The van der Waals surface area contributed by atoms with E-state index in [9.17, 15) is 0 Å². The number of benzene rings is 1. The Hall–Kier alpha value is -0.870. The van der Waals surface area contributed by atoms with E-state index in [4.69, 9.17) is 11.6 Å². The minimum absolute atomic E-state index is 0.433. The Morgan fingerprint density at radius 2 is 1.90 bits per heavy atom. The van der Waals surface area contributed by atoms with Crippen molar-refractivity contribution in [2.75, 3.05) is 19.6 Å². The molecule has 0 aliphatic heterocycles. The van der Waals surface area contributed by atoms with Crippen LogP contribution in [0.1, 0.15) is 30.3 Å². The number of nitrogens with zero attached hydrogens (tertiary/aromatic N) is 1. The fraction of sp³-hybridized carbons (Fsp3) is 0.412. The molecule has 1 N–H and O–H groups in total. The molecule has 21 heavy (non-hydrogen) atoms. The predicted molar refractivity (Wildman–Crippen MR) is 93.1 cm³/mol. The van der Waals surface area contributed by atoms with Crippen LogP contribution in [-0.2, 0) is 6.54 Å². The maximum atomic E-state index is 6.21. The van der Waals surface area contributed by atoms with Gasteiger partial charge in [0.25, 0.3) is 0 Å². The van der Waals surface area contributed by atoms with Gasteiger partial charge in [-0.3, -0.25) is 4.90 Å². The Balaban J connectivity index is 1.98. The molecular weight excluding hydrogens is 300 g/mol. The van der Waals surface area contributed by atoms with Gasteiger partial charge in [-0.1, -0.05) is 49.7 Å². The van der Waals surface area contributed by atoms with Crippen molar-refractivity contribution in [2.24, 2.45) is 0 Å². The highest BCUT2D eigenvalue weighted by Gasteiger charge is 2.18. The highest BCUT2D eigenvalue weighted by atomic mass is 35.5.